The minimum absolute atomic E-state index is 0.685. The Morgan fingerprint density at radius 1 is 1.00 bits per heavy atom. The van der Waals surface area contributed by atoms with Crippen LogP contribution in [-0.2, 0) is 6.54 Å². The average Bonchev–Trinajstić information content (AvgIpc) is 2.52. The highest BCUT2D eigenvalue weighted by Gasteiger charge is 2.08. The van der Waals surface area contributed by atoms with E-state index >= 15 is 0 Å². The van der Waals surface area contributed by atoms with E-state index in [0.717, 1.165) is 22.0 Å². The summed E-state index contributed by atoms with van der Waals surface area (Å²) < 4.78 is 5.50. The Labute approximate surface area is 129 Å². The molecular formula is C18H16ClNO. The zero-order valence-corrected chi connectivity index (χ0v) is 12.5. The van der Waals surface area contributed by atoms with E-state index in [0.29, 0.717) is 6.54 Å². The lowest BCUT2D eigenvalue weighted by Gasteiger charge is -2.14. The number of ether oxygens (including phenoxy) is 1. The normalized spacial score (nSPS) is 10.6. The molecule has 3 rings (SSSR count). The predicted molar refractivity (Wildman–Crippen MR) is 89.3 cm³/mol. The van der Waals surface area contributed by atoms with Crippen LogP contribution < -0.4 is 10.1 Å². The van der Waals surface area contributed by atoms with E-state index in [1.807, 2.05) is 42.5 Å². The summed E-state index contributed by atoms with van der Waals surface area (Å²) >= 11 is 6.02. The summed E-state index contributed by atoms with van der Waals surface area (Å²) in [5.41, 5.74) is 2.15. The Morgan fingerprint density at radius 2 is 1.86 bits per heavy atom. The van der Waals surface area contributed by atoms with Gasteiger partial charge >= 0.3 is 0 Å². The van der Waals surface area contributed by atoms with E-state index in [1.54, 1.807) is 7.11 Å². The maximum atomic E-state index is 6.02. The maximum absolute atomic E-state index is 6.02. The molecule has 0 unspecified atom stereocenters. The van der Waals surface area contributed by atoms with Gasteiger partial charge in [0.05, 0.1) is 7.11 Å². The lowest BCUT2D eigenvalue weighted by molar-refractivity contribution is 0.411. The summed E-state index contributed by atoms with van der Waals surface area (Å²) in [6.07, 6.45) is 0. The van der Waals surface area contributed by atoms with Crippen LogP contribution in [0.5, 0.6) is 5.75 Å². The molecule has 1 N–H and O–H groups in total. The molecule has 0 aliphatic heterocycles. The molecular weight excluding hydrogens is 282 g/mol. The smallest absolute Gasteiger partial charge is 0.124 e. The monoisotopic (exact) mass is 297 g/mol. The largest absolute Gasteiger partial charge is 0.496 e. The van der Waals surface area contributed by atoms with Crippen LogP contribution in [0.1, 0.15) is 5.56 Å². The van der Waals surface area contributed by atoms with Crippen molar-refractivity contribution in [2.24, 2.45) is 0 Å². The van der Waals surface area contributed by atoms with E-state index in [9.17, 15) is 0 Å². The first-order valence-electron chi connectivity index (χ1n) is 6.82. The molecule has 0 saturated carbocycles. The fourth-order valence-corrected chi connectivity index (χ4v) is 2.67. The lowest BCUT2D eigenvalue weighted by Crippen LogP contribution is -2.02. The van der Waals surface area contributed by atoms with E-state index in [1.165, 1.54) is 10.8 Å². The van der Waals surface area contributed by atoms with Gasteiger partial charge in [0.15, 0.2) is 0 Å². The van der Waals surface area contributed by atoms with Crippen LogP contribution in [0.4, 0.5) is 5.69 Å². The van der Waals surface area contributed by atoms with Gasteiger partial charge in [0, 0.05) is 22.8 Å². The summed E-state index contributed by atoms with van der Waals surface area (Å²) in [6.45, 7) is 0.685. The van der Waals surface area contributed by atoms with Crippen LogP contribution in [-0.4, -0.2) is 7.11 Å². The van der Waals surface area contributed by atoms with E-state index in [2.05, 4.69) is 23.5 Å². The van der Waals surface area contributed by atoms with Crippen molar-refractivity contribution in [3.8, 4) is 5.75 Å². The molecule has 0 bridgehead atoms. The van der Waals surface area contributed by atoms with E-state index < -0.39 is 0 Å². The summed E-state index contributed by atoms with van der Waals surface area (Å²) in [5, 5.41) is 6.54. The fraction of sp³-hybridized carbons (Fsp3) is 0.111. The fourth-order valence-electron chi connectivity index (χ4n) is 2.48. The molecule has 0 aliphatic carbocycles. The number of nitrogens with one attached hydrogen (secondary N) is 1. The van der Waals surface area contributed by atoms with Crippen molar-refractivity contribution < 1.29 is 4.74 Å². The number of methoxy groups -OCH3 is 1. The molecule has 3 aromatic carbocycles. The number of fused-ring (bicyclic) bond motifs is 1. The third-order valence-corrected chi connectivity index (χ3v) is 3.75. The van der Waals surface area contributed by atoms with Gasteiger partial charge in [-0.1, -0.05) is 48.0 Å². The van der Waals surface area contributed by atoms with Gasteiger partial charge in [0.2, 0.25) is 0 Å². The number of benzene rings is 3. The first-order valence-corrected chi connectivity index (χ1v) is 7.20. The highest BCUT2D eigenvalue weighted by molar-refractivity contribution is 6.30. The summed E-state index contributed by atoms with van der Waals surface area (Å²) in [6, 6.07) is 20.1. The van der Waals surface area contributed by atoms with Gasteiger partial charge in [0.1, 0.15) is 5.75 Å². The minimum atomic E-state index is 0.685. The summed E-state index contributed by atoms with van der Waals surface area (Å²) in [5.74, 6) is 0.892. The second-order valence-corrected chi connectivity index (χ2v) is 5.27. The van der Waals surface area contributed by atoms with E-state index in [4.69, 9.17) is 16.3 Å². The van der Waals surface area contributed by atoms with Crippen molar-refractivity contribution in [1.29, 1.82) is 0 Å². The van der Waals surface area contributed by atoms with Gasteiger partial charge < -0.3 is 10.1 Å². The van der Waals surface area contributed by atoms with Crippen LogP contribution >= 0.6 is 11.6 Å². The van der Waals surface area contributed by atoms with Crippen molar-refractivity contribution in [3.05, 3.63) is 71.2 Å². The molecule has 0 aromatic heterocycles. The van der Waals surface area contributed by atoms with Crippen molar-refractivity contribution >= 4 is 28.1 Å². The Balaban J connectivity index is 1.95. The van der Waals surface area contributed by atoms with Crippen LogP contribution in [0.2, 0.25) is 5.02 Å². The molecule has 2 nitrogen and oxygen atoms in total. The average molecular weight is 298 g/mol. The van der Waals surface area contributed by atoms with Crippen LogP contribution in [0.3, 0.4) is 0 Å². The Morgan fingerprint density at radius 3 is 2.67 bits per heavy atom. The maximum Gasteiger partial charge on any atom is 0.124 e. The molecule has 21 heavy (non-hydrogen) atoms. The zero-order chi connectivity index (χ0) is 14.7. The van der Waals surface area contributed by atoms with Gasteiger partial charge in [-0.15, -0.1) is 0 Å². The second-order valence-electron chi connectivity index (χ2n) is 4.83. The molecule has 3 heteroatoms. The second kappa shape index (κ2) is 6.06. The van der Waals surface area contributed by atoms with Crippen molar-refractivity contribution in [2.45, 2.75) is 6.54 Å². The van der Waals surface area contributed by atoms with Gasteiger partial charge in [-0.3, -0.25) is 0 Å². The van der Waals surface area contributed by atoms with Gasteiger partial charge in [-0.05, 0) is 35.0 Å². The predicted octanol–water partition coefficient (Wildman–Crippen LogP) is 5.11. The molecule has 3 aromatic rings. The summed E-state index contributed by atoms with van der Waals surface area (Å²) in [7, 11) is 1.70. The topological polar surface area (TPSA) is 21.3 Å². The molecule has 0 aliphatic rings. The Kier molecular flexibility index (Phi) is 3.98. The Bertz CT molecular complexity index is 770. The van der Waals surface area contributed by atoms with Crippen LogP contribution in [0.15, 0.2) is 60.7 Å². The van der Waals surface area contributed by atoms with Gasteiger partial charge in [0.25, 0.3) is 0 Å². The van der Waals surface area contributed by atoms with Crippen LogP contribution in [0, 0.1) is 0 Å². The first kappa shape index (κ1) is 13.8. The minimum Gasteiger partial charge on any atom is -0.496 e. The zero-order valence-electron chi connectivity index (χ0n) is 11.8. The number of hydrogen-bond donors (Lipinski definition) is 1. The molecule has 0 amide bonds. The van der Waals surface area contributed by atoms with Crippen molar-refractivity contribution in [3.63, 3.8) is 0 Å². The van der Waals surface area contributed by atoms with Crippen LogP contribution in [0.25, 0.3) is 10.8 Å². The molecule has 0 spiro atoms. The van der Waals surface area contributed by atoms with Gasteiger partial charge in [-0.25, -0.2) is 0 Å². The third-order valence-electron chi connectivity index (χ3n) is 3.51. The van der Waals surface area contributed by atoms with E-state index in [-0.39, 0.29) is 0 Å². The number of hydrogen-bond acceptors (Lipinski definition) is 2. The quantitative estimate of drug-likeness (QED) is 0.722. The molecule has 0 radical (unpaired) electrons. The highest BCUT2D eigenvalue weighted by Crippen LogP contribution is 2.29. The van der Waals surface area contributed by atoms with Gasteiger partial charge in [-0.2, -0.15) is 0 Å². The third kappa shape index (κ3) is 2.96. The Hall–Kier alpha value is -2.19. The number of rotatable bonds is 4. The highest BCUT2D eigenvalue weighted by atomic mass is 35.5. The SMILES string of the molecule is COc1ccc2ccccc2c1CNc1cccc(Cl)c1. The molecule has 0 fully saturated rings. The summed E-state index contributed by atoms with van der Waals surface area (Å²) in [4.78, 5) is 0. The molecule has 0 atom stereocenters. The lowest BCUT2D eigenvalue weighted by atomic mass is 10.0. The molecule has 0 heterocycles. The number of anilines is 1. The first-order chi connectivity index (χ1) is 10.3. The molecule has 106 valence electrons. The number of halogens is 1. The van der Waals surface area contributed by atoms with Crippen molar-refractivity contribution in [1.82, 2.24) is 0 Å². The van der Waals surface area contributed by atoms with Crippen molar-refractivity contribution in [2.75, 3.05) is 12.4 Å². The molecule has 0 saturated heterocycles. The standard InChI is InChI=1S/C18H16ClNO/c1-21-18-10-9-13-5-2-3-8-16(13)17(18)12-20-15-7-4-6-14(19)11-15/h2-11,20H,12H2,1H3.